The maximum atomic E-state index is 14.0. The second-order valence-electron chi connectivity index (χ2n) is 8.12. The van der Waals surface area contributed by atoms with Crippen LogP contribution in [-0.4, -0.2) is 29.6 Å². The number of hydrogen-bond donors (Lipinski definition) is 0. The van der Waals surface area contributed by atoms with E-state index in [1.807, 2.05) is 55.5 Å². The molecule has 2 aliphatic rings. The first-order valence-corrected chi connectivity index (χ1v) is 12.9. The normalized spacial score (nSPS) is 18.3. The molecule has 0 bridgehead atoms. The number of carbonyl (C=O) groups is 2. The van der Waals surface area contributed by atoms with Crippen molar-refractivity contribution >= 4 is 50.4 Å². The zero-order chi connectivity index (χ0) is 24.9. The fraction of sp³-hybridized carbons (Fsp3) is 0.231. The number of fused-ring (bicyclic) bond motifs is 2. The number of rotatable bonds is 4. The molecule has 0 saturated heterocycles. The van der Waals surface area contributed by atoms with E-state index in [1.54, 1.807) is 18.7 Å². The van der Waals surface area contributed by atoms with Gasteiger partial charge in [0, 0.05) is 16.6 Å². The van der Waals surface area contributed by atoms with Crippen molar-refractivity contribution in [1.82, 2.24) is 4.57 Å². The molecule has 0 N–H and O–H groups in total. The number of benzene rings is 2. The second kappa shape index (κ2) is 9.05. The molecule has 3 heterocycles. The van der Waals surface area contributed by atoms with Crippen LogP contribution in [0.4, 0.5) is 5.69 Å². The molecule has 0 saturated carbocycles. The number of likely N-dealkylation sites (N-methyl/N-ethyl adjacent to an activating group) is 1. The molecule has 5 rings (SSSR count). The largest absolute Gasteiger partial charge is 0.463 e. The third kappa shape index (κ3) is 3.70. The van der Waals surface area contributed by atoms with Crippen molar-refractivity contribution in [3.05, 3.63) is 95.1 Å². The molecular weight excluding hydrogens is 530 g/mol. The topological polar surface area (TPSA) is 81.0 Å². The predicted molar refractivity (Wildman–Crippen MR) is 138 cm³/mol. The van der Waals surface area contributed by atoms with Gasteiger partial charge in [-0.2, -0.15) is 0 Å². The van der Waals surface area contributed by atoms with E-state index in [-0.39, 0.29) is 18.1 Å². The van der Waals surface area contributed by atoms with Gasteiger partial charge in [0.1, 0.15) is 4.53 Å². The van der Waals surface area contributed by atoms with Gasteiger partial charge in [-0.05, 0) is 44.5 Å². The van der Waals surface area contributed by atoms with Crippen LogP contribution in [0.15, 0.2) is 74.1 Å². The Labute approximate surface area is 213 Å². The maximum absolute atomic E-state index is 14.0. The summed E-state index contributed by atoms with van der Waals surface area (Å²) < 4.78 is 7.97. The van der Waals surface area contributed by atoms with E-state index in [1.165, 1.54) is 15.9 Å². The van der Waals surface area contributed by atoms with Crippen molar-refractivity contribution in [2.24, 2.45) is 4.99 Å². The lowest BCUT2D eigenvalue weighted by Crippen LogP contribution is -2.41. The van der Waals surface area contributed by atoms with Crippen LogP contribution < -0.4 is 19.8 Å². The number of halogens is 1. The van der Waals surface area contributed by atoms with Crippen LogP contribution in [0.5, 0.6) is 0 Å². The first kappa shape index (κ1) is 23.4. The smallest absolute Gasteiger partial charge is 0.338 e. The number of thiazole rings is 1. The number of carbonyl (C=O) groups excluding carboxylic acids is 2. The Morgan fingerprint density at radius 1 is 1.14 bits per heavy atom. The molecule has 0 spiro atoms. The fourth-order valence-electron chi connectivity index (χ4n) is 4.63. The molecule has 35 heavy (non-hydrogen) atoms. The third-order valence-corrected chi connectivity index (χ3v) is 7.68. The van der Waals surface area contributed by atoms with Crippen LogP contribution >= 0.6 is 27.3 Å². The minimum atomic E-state index is -0.707. The van der Waals surface area contributed by atoms with Gasteiger partial charge >= 0.3 is 5.97 Å². The zero-order valence-electron chi connectivity index (χ0n) is 19.4. The molecule has 0 fully saturated rings. The lowest BCUT2D eigenvalue weighted by atomic mass is 9.96. The van der Waals surface area contributed by atoms with Crippen molar-refractivity contribution in [3.63, 3.8) is 0 Å². The molecular formula is C26H22BrN3O4S. The van der Waals surface area contributed by atoms with Crippen LogP contribution in [0.2, 0.25) is 0 Å². The van der Waals surface area contributed by atoms with E-state index in [2.05, 4.69) is 20.9 Å². The summed E-state index contributed by atoms with van der Waals surface area (Å²) in [5.74, 6) is -0.729. The number of esters is 1. The average Bonchev–Trinajstić information content (AvgIpc) is 3.30. The van der Waals surface area contributed by atoms with Gasteiger partial charge in [-0.25, -0.2) is 9.79 Å². The van der Waals surface area contributed by atoms with Gasteiger partial charge in [0.25, 0.3) is 11.5 Å². The Morgan fingerprint density at radius 3 is 2.57 bits per heavy atom. The van der Waals surface area contributed by atoms with Crippen LogP contribution in [-0.2, 0) is 14.3 Å². The first-order chi connectivity index (χ1) is 16.9. The monoisotopic (exact) mass is 551 g/mol. The summed E-state index contributed by atoms with van der Waals surface area (Å²) >= 11 is 4.66. The van der Waals surface area contributed by atoms with Gasteiger partial charge in [-0.15, -0.1) is 0 Å². The molecule has 1 atom stereocenters. The quantitative estimate of drug-likeness (QED) is 0.466. The van der Waals surface area contributed by atoms with Crippen molar-refractivity contribution < 1.29 is 14.3 Å². The molecule has 3 aromatic rings. The van der Waals surface area contributed by atoms with Crippen molar-refractivity contribution in [3.8, 4) is 0 Å². The SMILES string of the molecule is CCOC(=O)C1=C(C)N=c2s/c(=C3/C(=O)N(CC)c4ccc(Br)cc43)c(=O)n2[C@H]1c1ccccc1. The number of nitrogens with zero attached hydrogens (tertiary/aromatic N) is 3. The van der Waals surface area contributed by atoms with Crippen LogP contribution in [0.1, 0.15) is 37.9 Å². The Hall–Kier alpha value is -3.30. The zero-order valence-corrected chi connectivity index (χ0v) is 21.8. The standard InChI is InChI=1S/C26H22BrN3O4S/c1-4-29-18-12-11-16(27)13-17(18)20(23(29)31)22-24(32)30-21(15-9-7-6-8-10-15)19(25(33)34-5-2)14(3)28-26(30)35-22/h6-13,21H,4-5H2,1-3H3/b22-20+/t21-/m0/s1. The van der Waals surface area contributed by atoms with Gasteiger partial charge in [0.2, 0.25) is 0 Å². The summed E-state index contributed by atoms with van der Waals surface area (Å²) in [5.41, 5.74) is 3.04. The number of ether oxygens (including phenoxy) is 1. The van der Waals surface area contributed by atoms with E-state index < -0.39 is 12.0 Å². The Balaban J connectivity index is 1.84. The Bertz CT molecular complexity index is 1590. The van der Waals surface area contributed by atoms with Gasteiger partial charge in [0.05, 0.1) is 35.2 Å². The van der Waals surface area contributed by atoms with Gasteiger partial charge in [-0.1, -0.05) is 57.6 Å². The van der Waals surface area contributed by atoms with Crippen molar-refractivity contribution in [1.29, 1.82) is 0 Å². The molecule has 9 heteroatoms. The second-order valence-corrected chi connectivity index (χ2v) is 10.0. The van der Waals surface area contributed by atoms with E-state index in [0.29, 0.717) is 38.3 Å². The van der Waals surface area contributed by atoms with Crippen LogP contribution in [0.3, 0.4) is 0 Å². The maximum Gasteiger partial charge on any atom is 0.338 e. The summed E-state index contributed by atoms with van der Waals surface area (Å²) in [4.78, 5) is 47.2. The van der Waals surface area contributed by atoms with Crippen LogP contribution in [0, 0.1) is 0 Å². The summed E-state index contributed by atoms with van der Waals surface area (Å²) in [7, 11) is 0. The van der Waals surface area contributed by atoms with E-state index in [4.69, 9.17) is 4.74 Å². The number of allylic oxidation sites excluding steroid dienone is 1. The predicted octanol–water partition coefficient (Wildman–Crippen LogP) is 3.30. The summed E-state index contributed by atoms with van der Waals surface area (Å²) in [6, 6.07) is 14.2. The molecule has 178 valence electrons. The molecule has 7 nitrogen and oxygen atoms in total. The third-order valence-electron chi connectivity index (χ3n) is 6.13. The molecule has 2 aromatic carbocycles. The molecule has 0 radical (unpaired) electrons. The van der Waals surface area contributed by atoms with Gasteiger partial charge in [0.15, 0.2) is 4.80 Å². The van der Waals surface area contributed by atoms with Crippen LogP contribution in [0.25, 0.3) is 5.57 Å². The highest BCUT2D eigenvalue weighted by Gasteiger charge is 2.37. The van der Waals surface area contributed by atoms with E-state index in [9.17, 15) is 14.4 Å². The van der Waals surface area contributed by atoms with Gasteiger partial charge < -0.3 is 9.64 Å². The lowest BCUT2D eigenvalue weighted by Gasteiger charge is -2.24. The number of anilines is 1. The highest BCUT2D eigenvalue weighted by molar-refractivity contribution is 9.10. The number of amides is 1. The minimum absolute atomic E-state index is 0.207. The molecule has 0 unspecified atom stereocenters. The minimum Gasteiger partial charge on any atom is -0.463 e. The summed E-state index contributed by atoms with van der Waals surface area (Å²) in [5, 5.41) is 0. The first-order valence-electron chi connectivity index (χ1n) is 11.3. The highest BCUT2D eigenvalue weighted by Crippen LogP contribution is 2.37. The fourth-order valence-corrected chi connectivity index (χ4v) is 6.13. The van der Waals surface area contributed by atoms with E-state index in [0.717, 1.165) is 15.7 Å². The highest BCUT2D eigenvalue weighted by atomic mass is 79.9. The Kier molecular flexibility index (Phi) is 6.06. The number of hydrogen-bond acceptors (Lipinski definition) is 6. The van der Waals surface area contributed by atoms with Crippen molar-refractivity contribution in [2.45, 2.75) is 26.8 Å². The van der Waals surface area contributed by atoms with E-state index >= 15 is 0 Å². The molecule has 0 aliphatic carbocycles. The van der Waals surface area contributed by atoms with Gasteiger partial charge in [-0.3, -0.25) is 14.2 Å². The van der Waals surface area contributed by atoms with Crippen molar-refractivity contribution in [2.75, 3.05) is 18.1 Å². The number of aromatic nitrogens is 1. The average molecular weight is 552 g/mol. The molecule has 1 aromatic heterocycles. The summed E-state index contributed by atoms with van der Waals surface area (Å²) in [6.45, 7) is 6.07. The Morgan fingerprint density at radius 2 is 1.89 bits per heavy atom. The molecule has 2 aliphatic heterocycles. The lowest BCUT2D eigenvalue weighted by molar-refractivity contribution is -0.139. The summed E-state index contributed by atoms with van der Waals surface area (Å²) in [6.07, 6.45) is 0. The molecule has 1 amide bonds.